The fourth-order valence-corrected chi connectivity index (χ4v) is 6.99. The minimum Gasteiger partial charge on any atom is -0.370 e. The number of hydrogen-bond donors (Lipinski definition) is 0. The van der Waals surface area contributed by atoms with E-state index in [1.165, 1.54) is 12.8 Å². The number of pyridine rings is 1. The summed E-state index contributed by atoms with van der Waals surface area (Å²) in [5, 5.41) is 5.34. The zero-order chi connectivity index (χ0) is 24.8. The monoisotopic (exact) mass is 497 g/mol. The Labute approximate surface area is 207 Å². The maximum atomic E-state index is 13.7. The van der Waals surface area contributed by atoms with Crippen LogP contribution < -0.4 is 0 Å². The molecule has 0 N–H and O–H groups in total. The number of aromatic nitrogens is 5. The van der Waals surface area contributed by atoms with E-state index in [4.69, 9.17) is 14.7 Å². The molecule has 0 amide bonds. The summed E-state index contributed by atoms with van der Waals surface area (Å²) in [7, 11) is 0. The second-order valence-corrected chi connectivity index (χ2v) is 11.6. The molecular weight excluding hydrogens is 467 g/mol. The zero-order valence-electron chi connectivity index (χ0n) is 20.5. The van der Waals surface area contributed by atoms with Crippen LogP contribution in [0.2, 0.25) is 0 Å². The topological polar surface area (TPSA) is 65.7 Å². The van der Waals surface area contributed by atoms with Crippen LogP contribution in [-0.4, -0.2) is 37.0 Å². The number of fused-ring (bicyclic) bond motifs is 2. The van der Waals surface area contributed by atoms with E-state index in [0.717, 1.165) is 35.2 Å². The fourth-order valence-electron chi connectivity index (χ4n) is 6.99. The molecule has 190 valence electrons. The SMILES string of the molecule is Cc1ccc2c(C34CC(C3)C(C(F)(F)F)C4)nc([C@H]3C[C@@H](C)O[C@H](c4cnn(C5CC5)c4)C3)nc2n1. The van der Waals surface area contributed by atoms with E-state index in [1.807, 2.05) is 29.9 Å². The second kappa shape index (κ2) is 7.73. The van der Waals surface area contributed by atoms with Gasteiger partial charge in [0.15, 0.2) is 5.65 Å². The third kappa shape index (κ3) is 3.64. The lowest BCUT2D eigenvalue weighted by Crippen LogP contribution is -2.35. The number of rotatable bonds is 4. The van der Waals surface area contributed by atoms with Gasteiger partial charge in [-0.3, -0.25) is 4.68 Å². The second-order valence-electron chi connectivity index (χ2n) is 11.6. The lowest BCUT2D eigenvalue weighted by Gasteiger charge is -2.39. The normalized spacial score (nSPS) is 34.2. The molecule has 8 rings (SSSR count). The molecule has 5 fully saturated rings. The highest BCUT2D eigenvalue weighted by molar-refractivity contribution is 5.79. The molecule has 3 aromatic rings. The van der Waals surface area contributed by atoms with Gasteiger partial charge in [0.2, 0.25) is 0 Å². The molecule has 2 bridgehead atoms. The van der Waals surface area contributed by atoms with E-state index < -0.39 is 17.5 Å². The van der Waals surface area contributed by atoms with Gasteiger partial charge < -0.3 is 4.74 Å². The fraction of sp³-hybridized carbons (Fsp3) is 0.630. The molecule has 3 aromatic heterocycles. The van der Waals surface area contributed by atoms with Crippen LogP contribution in [0.25, 0.3) is 11.0 Å². The van der Waals surface area contributed by atoms with Crippen molar-refractivity contribution in [2.75, 3.05) is 0 Å². The molecule has 0 spiro atoms. The molecule has 4 saturated carbocycles. The van der Waals surface area contributed by atoms with Gasteiger partial charge in [-0.15, -0.1) is 0 Å². The van der Waals surface area contributed by atoms with Crippen molar-refractivity contribution in [3.05, 3.63) is 47.3 Å². The van der Waals surface area contributed by atoms with Crippen LogP contribution in [0.4, 0.5) is 13.2 Å². The zero-order valence-corrected chi connectivity index (χ0v) is 20.5. The van der Waals surface area contributed by atoms with Gasteiger partial charge >= 0.3 is 6.18 Å². The lowest BCUT2D eigenvalue weighted by atomic mass is 9.66. The van der Waals surface area contributed by atoms with Gasteiger partial charge in [-0.2, -0.15) is 18.3 Å². The average Bonchev–Trinajstić information content (AvgIpc) is 3.24. The van der Waals surface area contributed by atoms with Crippen LogP contribution in [-0.2, 0) is 10.2 Å². The number of alkyl halides is 3. The average molecular weight is 498 g/mol. The van der Waals surface area contributed by atoms with Crippen molar-refractivity contribution in [1.29, 1.82) is 0 Å². The first kappa shape index (κ1) is 22.6. The highest BCUT2D eigenvalue weighted by Gasteiger charge is 2.65. The Hall–Kier alpha value is -2.55. The van der Waals surface area contributed by atoms with Gasteiger partial charge in [-0.25, -0.2) is 15.0 Å². The predicted molar refractivity (Wildman–Crippen MR) is 126 cm³/mol. The molecule has 4 heterocycles. The first-order chi connectivity index (χ1) is 17.2. The summed E-state index contributed by atoms with van der Waals surface area (Å²) in [5.41, 5.74) is 2.75. The molecule has 9 heteroatoms. The van der Waals surface area contributed by atoms with Crippen LogP contribution in [0.1, 0.15) is 92.7 Å². The Morgan fingerprint density at radius 3 is 2.58 bits per heavy atom. The summed E-state index contributed by atoms with van der Waals surface area (Å²) in [4.78, 5) is 14.7. The van der Waals surface area contributed by atoms with Crippen molar-refractivity contribution in [3.63, 3.8) is 0 Å². The van der Waals surface area contributed by atoms with Crippen LogP contribution in [0, 0.1) is 18.8 Å². The lowest BCUT2D eigenvalue weighted by molar-refractivity contribution is -0.180. The van der Waals surface area contributed by atoms with E-state index in [2.05, 4.69) is 23.2 Å². The Morgan fingerprint density at radius 2 is 1.86 bits per heavy atom. The number of halogens is 3. The quantitative estimate of drug-likeness (QED) is 0.435. The van der Waals surface area contributed by atoms with E-state index >= 15 is 0 Å². The maximum absolute atomic E-state index is 13.7. The largest absolute Gasteiger partial charge is 0.392 e. The molecule has 0 aromatic carbocycles. The van der Waals surface area contributed by atoms with Crippen molar-refractivity contribution >= 4 is 11.0 Å². The molecule has 1 unspecified atom stereocenters. The van der Waals surface area contributed by atoms with Gasteiger partial charge in [0.25, 0.3) is 0 Å². The number of aryl methyl sites for hydroxylation is 1. The Balaban J connectivity index is 1.25. The van der Waals surface area contributed by atoms with Crippen LogP contribution in [0.5, 0.6) is 0 Å². The molecular formula is C27H30F3N5O. The van der Waals surface area contributed by atoms with E-state index in [-0.39, 0.29) is 30.5 Å². The van der Waals surface area contributed by atoms with E-state index in [1.54, 1.807) is 0 Å². The van der Waals surface area contributed by atoms with Crippen molar-refractivity contribution in [1.82, 2.24) is 24.7 Å². The standard InChI is InChI=1S/C27H30F3N5O/c1-14-3-6-20-23(26-9-17(10-26)21(11-26)27(28,29)30)33-24(34-25(20)32-14)16-7-15(2)36-22(8-16)18-12-31-35(13-18)19-4-5-19/h3,6,12-13,15-17,19,21-22H,4-5,7-11H2,1-2H3/t15-,16+,17?,21?,22+,26?/m1/s1. The molecule has 36 heavy (non-hydrogen) atoms. The van der Waals surface area contributed by atoms with Crippen molar-refractivity contribution in [2.24, 2.45) is 11.8 Å². The van der Waals surface area contributed by atoms with Crippen LogP contribution in [0.3, 0.4) is 0 Å². The van der Waals surface area contributed by atoms with E-state index in [0.29, 0.717) is 30.4 Å². The summed E-state index contributed by atoms with van der Waals surface area (Å²) in [5.74, 6) is -0.800. The van der Waals surface area contributed by atoms with Crippen molar-refractivity contribution in [2.45, 2.75) is 94.6 Å². The van der Waals surface area contributed by atoms with Gasteiger partial charge in [-0.1, -0.05) is 0 Å². The Kier molecular flexibility index (Phi) is 4.86. The summed E-state index contributed by atoms with van der Waals surface area (Å²) >= 11 is 0. The van der Waals surface area contributed by atoms with Gasteiger partial charge in [0, 0.05) is 34.2 Å². The van der Waals surface area contributed by atoms with Crippen LogP contribution >= 0.6 is 0 Å². The first-order valence-corrected chi connectivity index (χ1v) is 13.1. The number of hydrogen-bond acceptors (Lipinski definition) is 5. The minimum absolute atomic E-state index is 0.0126. The number of ether oxygens (including phenoxy) is 1. The third-order valence-electron chi connectivity index (χ3n) is 8.92. The molecule has 1 saturated heterocycles. The predicted octanol–water partition coefficient (Wildman–Crippen LogP) is 6.12. The maximum Gasteiger partial charge on any atom is 0.392 e. The summed E-state index contributed by atoms with van der Waals surface area (Å²) in [6.45, 7) is 3.98. The molecule has 5 aliphatic rings. The molecule has 6 nitrogen and oxygen atoms in total. The van der Waals surface area contributed by atoms with Gasteiger partial charge in [0.1, 0.15) is 5.82 Å². The van der Waals surface area contributed by atoms with Gasteiger partial charge in [0.05, 0.1) is 36.1 Å². The summed E-state index contributed by atoms with van der Waals surface area (Å²) in [6, 6.07) is 4.36. The molecule has 0 radical (unpaired) electrons. The highest BCUT2D eigenvalue weighted by Crippen LogP contribution is 2.66. The molecule has 1 aliphatic heterocycles. The summed E-state index contributed by atoms with van der Waals surface area (Å²) < 4.78 is 49.4. The summed E-state index contributed by atoms with van der Waals surface area (Å²) in [6.07, 6.45) is 4.79. The Bertz CT molecular complexity index is 1330. The number of nitrogens with zero attached hydrogens (tertiary/aromatic N) is 5. The first-order valence-electron chi connectivity index (χ1n) is 13.1. The van der Waals surface area contributed by atoms with E-state index in [9.17, 15) is 13.2 Å². The van der Waals surface area contributed by atoms with Crippen LogP contribution in [0.15, 0.2) is 24.5 Å². The highest BCUT2D eigenvalue weighted by atomic mass is 19.4. The van der Waals surface area contributed by atoms with Crippen molar-refractivity contribution < 1.29 is 17.9 Å². The third-order valence-corrected chi connectivity index (χ3v) is 8.92. The van der Waals surface area contributed by atoms with Gasteiger partial charge in [-0.05, 0) is 76.8 Å². The molecule has 4 aliphatic carbocycles. The van der Waals surface area contributed by atoms with Crippen molar-refractivity contribution in [3.8, 4) is 0 Å². The molecule has 4 atom stereocenters. The Morgan fingerprint density at radius 1 is 1.06 bits per heavy atom. The minimum atomic E-state index is -4.16. The smallest absolute Gasteiger partial charge is 0.370 e.